The van der Waals surface area contributed by atoms with Crippen molar-refractivity contribution < 1.29 is 43.7 Å². The molecule has 41 heavy (non-hydrogen) atoms. The van der Waals surface area contributed by atoms with E-state index in [1.807, 2.05) is 6.07 Å². The minimum absolute atomic E-state index is 0.0204. The molecule has 1 spiro atoms. The third-order valence-electron chi connectivity index (χ3n) is 10.1. The lowest BCUT2D eigenvalue weighted by Crippen LogP contribution is -2.77. The summed E-state index contributed by atoms with van der Waals surface area (Å²) in [6.07, 6.45) is 6.43. The molecule has 2 saturated carbocycles. The Balaban J connectivity index is 1.00. The van der Waals surface area contributed by atoms with Crippen LogP contribution in [0, 0.1) is 5.92 Å². The largest absolute Gasteiger partial charge is 0.504 e. The van der Waals surface area contributed by atoms with Gasteiger partial charge in [-0.25, -0.2) is 0 Å². The molecule has 2 bridgehead atoms. The van der Waals surface area contributed by atoms with E-state index in [2.05, 4.69) is 4.90 Å². The standard InChI is InChI=1S/C31H47NO9/c33-10-11-36-12-13-37-14-15-38-16-17-39-18-19-40-25-6-7-31(35)26-20-23-4-5-24(34)28-27(23)30(31,29(25)41-28)8-9-32(26)21-22-2-1-3-22/h4-5,22,25-26,29,33-35H,1-3,6-21H2/t25?,26-,29+,30+,31-/m1/s1. The highest BCUT2D eigenvalue weighted by Crippen LogP contribution is 2.65. The van der Waals surface area contributed by atoms with Crippen molar-refractivity contribution >= 4 is 0 Å². The van der Waals surface area contributed by atoms with Crippen LogP contribution in [0.4, 0.5) is 0 Å². The first kappa shape index (κ1) is 29.6. The maximum atomic E-state index is 12.6. The van der Waals surface area contributed by atoms with Gasteiger partial charge in [0.25, 0.3) is 0 Å². The predicted octanol–water partition coefficient (Wildman–Crippen LogP) is 1.79. The molecule has 2 heterocycles. The molecule has 10 heteroatoms. The van der Waals surface area contributed by atoms with E-state index in [1.165, 1.54) is 24.8 Å². The van der Waals surface area contributed by atoms with Gasteiger partial charge in [-0.15, -0.1) is 0 Å². The molecule has 5 aliphatic rings. The Morgan fingerprint density at radius 3 is 2.22 bits per heavy atom. The molecule has 0 radical (unpaired) electrons. The van der Waals surface area contributed by atoms with Crippen molar-refractivity contribution in [2.24, 2.45) is 5.92 Å². The first-order valence-corrected chi connectivity index (χ1v) is 15.6. The van der Waals surface area contributed by atoms with Gasteiger partial charge in [0.1, 0.15) is 6.10 Å². The Bertz CT molecular complexity index is 1020. The summed E-state index contributed by atoms with van der Waals surface area (Å²) >= 11 is 0. The second kappa shape index (κ2) is 13.0. The van der Waals surface area contributed by atoms with Gasteiger partial charge in [0.2, 0.25) is 0 Å². The summed E-state index contributed by atoms with van der Waals surface area (Å²) in [5.41, 5.74) is 0.793. The Morgan fingerprint density at radius 1 is 0.878 bits per heavy atom. The zero-order chi connectivity index (χ0) is 28.3. The van der Waals surface area contributed by atoms with Crippen molar-refractivity contribution in [3.63, 3.8) is 0 Å². The zero-order valence-electron chi connectivity index (χ0n) is 24.1. The first-order chi connectivity index (χ1) is 20.1. The number of rotatable bonds is 17. The minimum Gasteiger partial charge on any atom is -0.504 e. The fourth-order valence-corrected chi connectivity index (χ4v) is 8.07. The number of aliphatic hydroxyl groups is 2. The second-order valence-electron chi connectivity index (χ2n) is 12.3. The van der Waals surface area contributed by atoms with Gasteiger partial charge in [-0.2, -0.15) is 0 Å². The average Bonchev–Trinajstić information content (AvgIpc) is 3.30. The molecule has 10 nitrogen and oxygen atoms in total. The van der Waals surface area contributed by atoms with E-state index in [1.54, 1.807) is 6.07 Å². The van der Waals surface area contributed by atoms with Gasteiger partial charge in [0.05, 0.1) is 83.2 Å². The summed E-state index contributed by atoms with van der Waals surface area (Å²) in [6.45, 7) is 6.11. The number of piperidine rings is 1. The van der Waals surface area contributed by atoms with Crippen molar-refractivity contribution in [2.45, 2.75) is 74.2 Å². The maximum Gasteiger partial charge on any atom is 0.165 e. The first-order valence-electron chi connectivity index (χ1n) is 15.6. The molecular formula is C31H47NO9. The molecule has 5 atom stereocenters. The number of benzene rings is 1. The summed E-state index contributed by atoms with van der Waals surface area (Å²) in [5.74, 6) is 1.47. The van der Waals surface area contributed by atoms with E-state index in [0.29, 0.717) is 71.6 Å². The van der Waals surface area contributed by atoms with Gasteiger partial charge >= 0.3 is 0 Å². The van der Waals surface area contributed by atoms with Crippen LogP contribution in [-0.4, -0.2) is 123 Å². The molecule has 1 saturated heterocycles. The second-order valence-corrected chi connectivity index (χ2v) is 12.3. The molecule has 1 aromatic rings. The highest BCUT2D eigenvalue weighted by Gasteiger charge is 2.73. The van der Waals surface area contributed by atoms with E-state index in [4.69, 9.17) is 33.5 Å². The number of phenols is 1. The van der Waals surface area contributed by atoms with Crippen LogP contribution in [0.1, 0.15) is 49.7 Å². The van der Waals surface area contributed by atoms with Crippen LogP contribution in [0.15, 0.2) is 12.1 Å². The van der Waals surface area contributed by atoms with Crippen LogP contribution < -0.4 is 4.74 Å². The van der Waals surface area contributed by atoms with E-state index < -0.39 is 11.0 Å². The van der Waals surface area contributed by atoms with Crippen LogP contribution in [0.2, 0.25) is 0 Å². The monoisotopic (exact) mass is 577 g/mol. The summed E-state index contributed by atoms with van der Waals surface area (Å²) in [4.78, 5) is 2.57. The van der Waals surface area contributed by atoms with Crippen molar-refractivity contribution in [3.8, 4) is 11.5 Å². The normalized spacial score (nSPS) is 32.0. The fraction of sp³-hybridized carbons (Fsp3) is 0.806. The number of likely N-dealkylation sites (tertiary alicyclic amines) is 1. The van der Waals surface area contributed by atoms with Gasteiger partial charge < -0.3 is 43.7 Å². The SMILES string of the molecule is OCCOCCOCCOCCOCCOC1CC[C@@]2(O)[C@H]3Cc4ccc(O)c5c4[C@@]2(CCN3CC2CCC2)[C@H]1O5. The molecule has 1 aromatic carbocycles. The molecule has 3 fully saturated rings. The van der Waals surface area contributed by atoms with Gasteiger partial charge in [0.15, 0.2) is 11.5 Å². The highest BCUT2D eigenvalue weighted by molar-refractivity contribution is 5.62. The lowest BCUT2D eigenvalue weighted by atomic mass is 9.48. The Hall–Kier alpha value is -1.50. The molecular weight excluding hydrogens is 530 g/mol. The molecule has 0 aromatic heterocycles. The van der Waals surface area contributed by atoms with Crippen molar-refractivity contribution in [2.75, 3.05) is 79.2 Å². The lowest BCUT2D eigenvalue weighted by molar-refractivity contribution is -0.218. The quantitative estimate of drug-likeness (QED) is 0.237. The lowest BCUT2D eigenvalue weighted by Gasteiger charge is -2.64. The van der Waals surface area contributed by atoms with Gasteiger partial charge in [-0.05, 0) is 62.6 Å². The smallest absolute Gasteiger partial charge is 0.165 e. The number of hydrogen-bond donors (Lipinski definition) is 3. The molecule has 3 N–H and O–H groups in total. The van der Waals surface area contributed by atoms with E-state index in [-0.39, 0.29) is 30.6 Å². The number of phenolic OH excluding ortho intramolecular Hbond substituents is 1. The number of hydrogen-bond acceptors (Lipinski definition) is 10. The predicted molar refractivity (Wildman–Crippen MR) is 150 cm³/mol. The fourth-order valence-electron chi connectivity index (χ4n) is 8.07. The molecule has 0 amide bonds. The zero-order valence-corrected chi connectivity index (χ0v) is 24.1. The van der Waals surface area contributed by atoms with Crippen LogP contribution in [0.3, 0.4) is 0 Å². The van der Waals surface area contributed by atoms with Gasteiger partial charge in [-0.3, -0.25) is 4.90 Å². The van der Waals surface area contributed by atoms with Gasteiger partial charge in [-0.1, -0.05) is 12.5 Å². The van der Waals surface area contributed by atoms with E-state index >= 15 is 0 Å². The Morgan fingerprint density at radius 2 is 1.56 bits per heavy atom. The summed E-state index contributed by atoms with van der Waals surface area (Å²) in [7, 11) is 0. The Kier molecular flexibility index (Phi) is 9.38. The van der Waals surface area contributed by atoms with Crippen LogP contribution in [0.5, 0.6) is 11.5 Å². The molecule has 1 unspecified atom stereocenters. The maximum absolute atomic E-state index is 12.6. The summed E-state index contributed by atoms with van der Waals surface area (Å²) < 4.78 is 34.8. The number of ether oxygens (including phenoxy) is 6. The topological polar surface area (TPSA) is 119 Å². The van der Waals surface area contributed by atoms with E-state index in [0.717, 1.165) is 43.8 Å². The number of aliphatic hydroxyl groups excluding tert-OH is 1. The Labute approximate surface area is 242 Å². The number of nitrogens with zero attached hydrogens (tertiary/aromatic N) is 1. The van der Waals surface area contributed by atoms with Crippen molar-refractivity contribution in [3.05, 3.63) is 23.3 Å². The number of aromatic hydroxyl groups is 1. The minimum atomic E-state index is -0.893. The molecule has 230 valence electrons. The van der Waals surface area contributed by atoms with Crippen molar-refractivity contribution in [1.82, 2.24) is 4.90 Å². The van der Waals surface area contributed by atoms with Crippen LogP contribution in [0.25, 0.3) is 0 Å². The third-order valence-corrected chi connectivity index (χ3v) is 10.1. The highest BCUT2D eigenvalue weighted by atomic mass is 16.6. The summed E-state index contributed by atoms with van der Waals surface area (Å²) in [6, 6.07) is 3.87. The van der Waals surface area contributed by atoms with Gasteiger partial charge in [0, 0.05) is 18.2 Å². The molecule has 2 aliphatic heterocycles. The van der Waals surface area contributed by atoms with Crippen molar-refractivity contribution in [1.29, 1.82) is 0 Å². The van der Waals surface area contributed by atoms with Crippen LogP contribution >= 0.6 is 0 Å². The molecule has 3 aliphatic carbocycles. The molecule has 6 rings (SSSR count). The average molecular weight is 578 g/mol. The van der Waals surface area contributed by atoms with Crippen LogP contribution in [-0.2, 0) is 35.5 Å². The summed E-state index contributed by atoms with van der Waals surface area (Å²) in [5, 5.41) is 32.0. The van der Waals surface area contributed by atoms with E-state index in [9.17, 15) is 10.2 Å². The third kappa shape index (κ3) is 5.51.